The Labute approximate surface area is 139 Å². The van der Waals surface area contributed by atoms with Crippen LogP contribution in [0.25, 0.3) is 6.08 Å². The van der Waals surface area contributed by atoms with Gasteiger partial charge in [-0.1, -0.05) is 42.5 Å². The van der Waals surface area contributed by atoms with Crippen molar-refractivity contribution < 1.29 is 19.4 Å². The summed E-state index contributed by atoms with van der Waals surface area (Å²) >= 11 is 0. The van der Waals surface area contributed by atoms with E-state index in [4.69, 9.17) is 9.47 Å². The summed E-state index contributed by atoms with van der Waals surface area (Å²) in [5, 5.41) is 9.94. The van der Waals surface area contributed by atoms with Crippen LogP contribution in [0.4, 0.5) is 4.79 Å². The zero-order valence-electron chi connectivity index (χ0n) is 14.5. The van der Waals surface area contributed by atoms with Crippen molar-refractivity contribution in [3.05, 3.63) is 42.0 Å². The molecule has 2 unspecified atom stereocenters. The van der Waals surface area contributed by atoms with Crippen LogP contribution in [0, 0.1) is 0 Å². The van der Waals surface area contributed by atoms with Crippen LogP contribution < -0.4 is 0 Å². The number of carbonyl (C=O) groups is 1. The van der Waals surface area contributed by atoms with E-state index in [2.05, 4.69) is 0 Å². The maximum Gasteiger partial charge on any atom is 0.509 e. The predicted octanol–water partition coefficient (Wildman–Crippen LogP) is 4.57. The van der Waals surface area contributed by atoms with Crippen molar-refractivity contribution >= 4 is 12.2 Å². The highest BCUT2D eigenvalue weighted by molar-refractivity contribution is 5.60. The minimum Gasteiger partial charge on any atom is -0.431 e. The Bertz CT molecular complexity index is 488. The van der Waals surface area contributed by atoms with E-state index in [0.29, 0.717) is 12.8 Å². The van der Waals surface area contributed by atoms with Gasteiger partial charge in [-0.15, -0.1) is 0 Å². The van der Waals surface area contributed by atoms with Gasteiger partial charge in [0.15, 0.2) is 0 Å². The zero-order valence-corrected chi connectivity index (χ0v) is 14.5. The number of aliphatic hydroxyl groups is 1. The maximum atomic E-state index is 11.5. The van der Waals surface area contributed by atoms with Crippen molar-refractivity contribution in [2.45, 2.75) is 64.8 Å². The summed E-state index contributed by atoms with van der Waals surface area (Å²) in [5.74, 6) is 0. The van der Waals surface area contributed by atoms with E-state index in [-0.39, 0.29) is 6.10 Å². The molecule has 1 rings (SSSR count). The highest BCUT2D eigenvalue weighted by Gasteiger charge is 2.19. The summed E-state index contributed by atoms with van der Waals surface area (Å²) in [6.07, 6.45) is 4.42. The Balaban J connectivity index is 2.22. The molecule has 0 aliphatic heterocycles. The zero-order chi connectivity index (χ0) is 17.3. The molecule has 0 bridgehead atoms. The Morgan fingerprint density at radius 1 is 1.22 bits per heavy atom. The summed E-state index contributed by atoms with van der Waals surface area (Å²) < 4.78 is 10.3. The van der Waals surface area contributed by atoms with Crippen molar-refractivity contribution in [1.82, 2.24) is 0 Å². The molecular formula is C19H28O4. The molecule has 23 heavy (non-hydrogen) atoms. The molecule has 0 saturated heterocycles. The van der Waals surface area contributed by atoms with Gasteiger partial charge in [-0.05, 0) is 52.5 Å². The topological polar surface area (TPSA) is 55.8 Å². The van der Waals surface area contributed by atoms with E-state index in [1.165, 1.54) is 0 Å². The largest absolute Gasteiger partial charge is 0.509 e. The molecule has 0 aliphatic carbocycles. The third-order valence-corrected chi connectivity index (χ3v) is 3.11. The van der Waals surface area contributed by atoms with Crippen LogP contribution in [0.5, 0.6) is 0 Å². The van der Waals surface area contributed by atoms with Crippen LogP contribution in [0.15, 0.2) is 36.4 Å². The highest BCUT2D eigenvalue weighted by atomic mass is 16.7. The van der Waals surface area contributed by atoms with Gasteiger partial charge in [0.25, 0.3) is 0 Å². The van der Waals surface area contributed by atoms with E-state index in [9.17, 15) is 9.90 Å². The summed E-state index contributed by atoms with van der Waals surface area (Å²) in [5.41, 5.74) is 0.517. The lowest BCUT2D eigenvalue weighted by atomic mass is 10.1. The van der Waals surface area contributed by atoms with E-state index < -0.39 is 17.9 Å². The molecule has 0 heterocycles. The van der Waals surface area contributed by atoms with Crippen molar-refractivity contribution in [3.8, 4) is 0 Å². The monoisotopic (exact) mass is 320 g/mol. The normalized spacial score (nSPS) is 14.5. The first-order valence-electron chi connectivity index (χ1n) is 8.07. The van der Waals surface area contributed by atoms with E-state index in [1.807, 2.05) is 43.3 Å². The van der Waals surface area contributed by atoms with E-state index in [0.717, 1.165) is 12.0 Å². The second-order valence-electron chi connectivity index (χ2n) is 6.66. The summed E-state index contributed by atoms with van der Waals surface area (Å²) in [6.45, 7) is 7.23. The molecule has 4 heteroatoms. The molecular weight excluding hydrogens is 292 g/mol. The predicted molar refractivity (Wildman–Crippen MR) is 92.1 cm³/mol. The molecule has 0 saturated carbocycles. The summed E-state index contributed by atoms with van der Waals surface area (Å²) in [7, 11) is 0. The van der Waals surface area contributed by atoms with Gasteiger partial charge >= 0.3 is 6.16 Å². The number of carbonyl (C=O) groups excluding carboxylic acids is 1. The van der Waals surface area contributed by atoms with Crippen LogP contribution in [-0.2, 0) is 9.47 Å². The van der Waals surface area contributed by atoms with E-state index >= 15 is 0 Å². The van der Waals surface area contributed by atoms with Crippen molar-refractivity contribution in [2.75, 3.05) is 0 Å². The molecule has 0 spiro atoms. The van der Waals surface area contributed by atoms with Crippen LogP contribution in [0.1, 0.15) is 52.5 Å². The average molecular weight is 320 g/mol. The van der Waals surface area contributed by atoms with Crippen LogP contribution in [-0.4, -0.2) is 29.1 Å². The minimum absolute atomic E-state index is 0.227. The lowest BCUT2D eigenvalue weighted by molar-refractivity contribution is -0.0251. The molecule has 1 aromatic rings. The number of hydrogen-bond acceptors (Lipinski definition) is 4. The van der Waals surface area contributed by atoms with Gasteiger partial charge in [-0.3, -0.25) is 0 Å². The number of benzene rings is 1. The average Bonchev–Trinajstić information content (AvgIpc) is 2.44. The van der Waals surface area contributed by atoms with Gasteiger partial charge < -0.3 is 14.6 Å². The fourth-order valence-corrected chi connectivity index (χ4v) is 1.99. The van der Waals surface area contributed by atoms with Crippen molar-refractivity contribution in [1.29, 1.82) is 0 Å². The Morgan fingerprint density at radius 3 is 2.48 bits per heavy atom. The van der Waals surface area contributed by atoms with Gasteiger partial charge in [0.05, 0.1) is 6.10 Å². The molecule has 128 valence electrons. The smallest absolute Gasteiger partial charge is 0.431 e. The third-order valence-electron chi connectivity index (χ3n) is 3.11. The first-order chi connectivity index (χ1) is 10.8. The lowest BCUT2D eigenvalue weighted by Crippen LogP contribution is -2.26. The number of rotatable bonds is 7. The maximum absolute atomic E-state index is 11.5. The van der Waals surface area contributed by atoms with Crippen LogP contribution >= 0.6 is 0 Å². The second-order valence-corrected chi connectivity index (χ2v) is 6.66. The number of hydrogen-bond donors (Lipinski definition) is 1. The van der Waals surface area contributed by atoms with Crippen molar-refractivity contribution in [2.24, 2.45) is 0 Å². The number of ether oxygens (including phenoxy) is 2. The quantitative estimate of drug-likeness (QED) is 0.748. The van der Waals surface area contributed by atoms with E-state index in [1.54, 1.807) is 26.8 Å². The van der Waals surface area contributed by atoms with Gasteiger partial charge in [0.2, 0.25) is 0 Å². The SMILES string of the molecule is CC(CCCC(O)/C=C/c1ccccc1)OC(=O)OC(C)(C)C. The Morgan fingerprint density at radius 2 is 1.87 bits per heavy atom. The Hall–Kier alpha value is -1.81. The first-order valence-corrected chi connectivity index (χ1v) is 8.07. The van der Waals surface area contributed by atoms with Gasteiger partial charge in [0.1, 0.15) is 11.7 Å². The lowest BCUT2D eigenvalue weighted by Gasteiger charge is -2.21. The molecule has 1 N–H and O–H groups in total. The molecule has 4 nitrogen and oxygen atoms in total. The fourth-order valence-electron chi connectivity index (χ4n) is 1.99. The summed E-state index contributed by atoms with van der Waals surface area (Å²) in [4.78, 5) is 11.5. The van der Waals surface area contributed by atoms with Gasteiger partial charge in [-0.2, -0.15) is 0 Å². The van der Waals surface area contributed by atoms with Crippen molar-refractivity contribution in [3.63, 3.8) is 0 Å². The highest BCUT2D eigenvalue weighted by Crippen LogP contribution is 2.13. The minimum atomic E-state index is -0.644. The molecule has 1 aromatic carbocycles. The van der Waals surface area contributed by atoms with Gasteiger partial charge in [-0.25, -0.2) is 4.79 Å². The molecule has 0 amide bonds. The standard InChI is InChI=1S/C19H28O4/c1-15(22-18(21)23-19(2,3)4)9-8-12-17(20)14-13-16-10-6-5-7-11-16/h5-7,10-11,13-15,17,20H,8-9,12H2,1-4H3/b14-13+. The second kappa shape index (κ2) is 9.36. The first kappa shape index (κ1) is 19.2. The third kappa shape index (κ3) is 9.74. The van der Waals surface area contributed by atoms with Crippen LogP contribution in [0.2, 0.25) is 0 Å². The fraction of sp³-hybridized carbons (Fsp3) is 0.526. The molecule has 0 aromatic heterocycles. The number of aliphatic hydroxyl groups excluding tert-OH is 1. The van der Waals surface area contributed by atoms with Gasteiger partial charge in [0, 0.05) is 0 Å². The van der Waals surface area contributed by atoms with Crippen LogP contribution in [0.3, 0.4) is 0 Å². The molecule has 0 aliphatic rings. The molecule has 2 atom stereocenters. The molecule has 0 fully saturated rings. The Kier molecular flexibility index (Phi) is 7.83. The molecule has 0 radical (unpaired) electrons. The summed E-state index contributed by atoms with van der Waals surface area (Å²) in [6, 6.07) is 9.85.